The maximum atomic E-state index is 11.4. The Morgan fingerprint density at radius 3 is 0.864 bits per heavy atom. The van der Waals surface area contributed by atoms with Crippen molar-refractivity contribution in [3.8, 4) is 0 Å². The van der Waals surface area contributed by atoms with Gasteiger partial charge in [-0.1, -0.05) is 72.8 Å². The van der Waals surface area contributed by atoms with Gasteiger partial charge in [0.25, 0.3) is 0 Å². The van der Waals surface area contributed by atoms with E-state index in [-0.39, 0.29) is 5.97 Å². The first-order valence-corrected chi connectivity index (χ1v) is 22.6. The third-order valence-electron chi connectivity index (χ3n) is 8.04. The number of alkyl halides is 9. The molecule has 0 unspecified atom stereocenters. The summed E-state index contributed by atoms with van der Waals surface area (Å²) in [5, 5.41) is 14.0. The lowest BCUT2D eigenvalue weighted by molar-refractivity contribution is -0.137. The first-order chi connectivity index (χ1) is 30.4. The number of hydrogen-bond acceptors (Lipinski definition) is 15. The van der Waals surface area contributed by atoms with Gasteiger partial charge in [-0.25, -0.2) is 0 Å². The third kappa shape index (κ3) is 21.7. The largest absolute Gasteiger partial charge is 0.524 e. The number of benzene rings is 3. The van der Waals surface area contributed by atoms with Crippen LogP contribution in [0.3, 0.4) is 0 Å². The number of carbonyl (C=O) groups excluding carboxylic acids is 4. The molecule has 0 fully saturated rings. The number of halogens is 9. The summed E-state index contributed by atoms with van der Waals surface area (Å²) < 4.78 is 170. The molecule has 0 spiro atoms. The van der Waals surface area contributed by atoms with E-state index in [9.17, 15) is 83.9 Å². The molecule has 3 aromatic carbocycles. The zero-order chi connectivity index (χ0) is 51.7. The van der Waals surface area contributed by atoms with Crippen molar-refractivity contribution in [1.29, 1.82) is 0 Å². The maximum absolute atomic E-state index is 11.4. The molecule has 6 rings (SSSR count). The van der Waals surface area contributed by atoms with E-state index in [4.69, 9.17) is 10.2 Å². The van der Waals surface area contributed by atoms with Gasteiger partial charge >= 0.3 is 52.8 Å². The highest BCUT2D eigenvalue weighted by Crippen LogP contribution is 2.32. The van der Waals surface area contributed by atoms with E-state index in [1.807, 2.05) is 76.4 Å². The van der Waals surface area contributed by atoms with Crippen LogP contribution < -0.4 is 0 Å². The Morgan fingerprint density at radius 1 is 0.470 bits per heavy atom. The van der Waals surface area contributed by atoms with Crippen molar-refractivity contribution < 1.29 is 107 Å². The first kappa shape index (κ1) is 63.3. The molecule has 2 N–H and O–H groups in total. The van der Waals surface area contributed by atoms with Gasteiger partial charge in [0.15, 0.2) is 17.3 Å². The van der Waals surface area contributed by atoms with Crippen molar-refractivity contribution in [3.05, 3.63) is 106 Å². The van der Waals surface area contributed by atoms with Crippen LogP contribution >= 0.6 is 0 Å². The number of aryl methyl sites for hydroxylation is 3. The SMILES string of the molecule is CO.CO.COC(C)=O.COS(=O)(=O)C(F)(F)F.O=C1CCCc2ccccc21.O=C1CCCc2ccccc21.O=C1CCCc2ccccc21.O=S(=O)(OS(=O)(=O)C(F)(F)F)C(F)(F)F. The number of rotatable bonds is 3. The van der Waals surface area contributed by atoms with E-state index in [1.54, 1.807) is 0 Å². The molecular weight excluding hydrogens is 976 g/mol. The maximum Gasteiger partial charge on any atom is 0.524 e. The molecule has 0 radical (unpaired) electrons. The molecule has 3 aliphatic rings. The van der Waals surface area contributed by atoms with E-state index >= 15 is 0 Å². The number of ketones is 3. The van der Waals surface area contributed by atoms with Crippen LogP contribution in [0.1, 0.15) is 93.2 Å². The van der Waals surface area contributed by atoms with Gasteiger partial charge in [0, 0.05) is 57.1 Å². The van der Waals surface area contributed by atoms with E-state index in [0.29, 0.717) is 24.5 Å². The molecule has 0 saturated carbocycles. The van der Waals surface area contributed by atoms with Gasteiger partial charge in [0.2, 0.25) is 0 Å². The Balaban J connectivity index is 0. The van der Waals surface area contributed by atoms with E-state index in [1.165, 1.54) is 30.7 Å². The summed E-state index contributed by atoms with van der Waals surface area (Å²) in [6, 6.07) is 23.7. The molecule has 0 heterocycles. The van der Waals surface area contributed by atoms with Gasteiger partial charge in [-0.2, -0.15) is 64.8 Å². The molecule has 0 amide bonds. The second-order valence-corrected chi connectivity index (χ2v) is 17.4. The van der Waals surface area contributed by atoms with Crippen LogP contribution in [0.4, 0.5) is 39.5 Å². The van der Waals surface area contributed by atoms with Gasteiger partial charge in [0.1, 0.15) is 0 Å². The van der Waals surface area contributed by atoms with Crippen molar-refractivity contribution in [1.82, 2.24) is 0 Å². The Kier molecular flexibility index (Phi) is 27.9. The van der Waals surface area contributed by atoms with Crippen LogP contribution in [-0.4, -0.2) is 104 Å². The number of Topliss-reactive ketones (excluding diaryl/α,β-unsaturated/α-hetero) is 3. The number of carbonyl (C=O) groups is 4. The minimum absolute atomic E-state index is 0.245. The lowest BCUT2D eigenvalue weighted by Crippen LogP contribution is -2.34. The number of ether oxygens (including phenoxy) is 1. The highest BCUT2D eigenvalue weighted by Gasteiger charge is 2.57. The monoisotopic (exact) mass is 1020 g/mol. The first-order valence-electron chi connectivity index (χ1n) is 18.4. The van der Waals surface area contributed by atoms with Crippen LogP contribution in [0.5, 0.6) is 0 Å². The number of aliphatic hydroxyl groups excluding tert-OH is 2. The minimum Gasteiger partial charge on any atom is -0.469 e. The second kappa shape index (κ2) is 29.1. The number of fused-ring (bicyclic) bond motifs is 3. The van der Waals surface area contributed by atoms with Gasteiger partial charge in [-0.05, 0) is 55.2 Å². The van der Waals surface area contributed by atoms with Crippen molar-refractivity contribution in [2.75, 3.05) is 28.4 Å². The van der Waals surface area contributed by atoms with Crippen LogP contribution in [0.15, 0.2) is 72.8 Å². The summed E-state index contributed by atoms with van der Waals surface area (Å²) in [5.41, 5.74) is -11.3. The fourth-order valence-electron chi connectivity index (χ4n) is 5.04. The van der Waals surface area contributed by atoms with E-state index in [0.717, 1.165) is 88.7 Å². The topological polar surface area (TPSA) is 239 Å². The van der Waals surface area contributed by atoms with Crippen LogP contribution in [0.2, 0.25) is 0 Å². The third-order valence-corrected chi connectivity index (χ3v) is 11.6. The Labute approximate surface area is 375 Å². The van der Waals surface area contributed by atoms with Crippen LogP contribution in [-0.2, 0) is 67.0 Å². The van der Waals surface area contributed by atoms with Crippen molar-refractivity contribution >= 4 is 53.7 Å². The fourth-order valence-corrected chi connectivity index (χ4v) is 6.79. The predicted molar refractivity (Wildman–Crippen MR) is 218 cm³/mol. The van der Waals surface area contributed by atoms with E-state index in [2.05, 4.69) is 8.92 Å². The van der Waals surface area contributed by atoms with Gasteiger partial charge in [0.05, 0.1) is 14.2 Å². The lowest BCUT2D eigenvalue weighted by atomic mass is 9.91. The molecule has 0 saturated heterocycles. The van der Waals surface area contributed by atoms with Crippen LogP contribution in [0.25, 0.3) is 0 Å². The number of hydrogen-bond donors (Lipinski definition) is 2. The average molecular weight is 1020 g/mol. The summed E-state index contributed by atoms with van der Waals surface area (Å²) in [6.45, 7) is 1.36. The van der Waals surface area contributed by atoms with Gasteiger partial charge in [-0.15, -0.1) is 3.63 Å². The molecule has 0 aromatic heterocycles. The molecule has 66 heavy (non-hydrogen) atoms. The smallest absolute Gasteiger partial charge is 0.469 e. The Morgan fingerprint density at radius 2 is 0.697 bits per heavy atom. The molecular formula is C39H47F9O15S3. The zero-order valence-corrected chi connectivity index (χ0v) is 38.1. The minimum atomic E-state index is -6.85. The molecule has 3 aliphatic carbocycles. The molecule has 0 aliphatic heterocycles. The molecule has 27 heteroatoms. The summed E-state index contributed by atoms with van der Waals surface area (Å²) in [4.78, 5) is 43.4. The standard InChI is InChI=1S/3C10H10O.C3H6O2.C2F6O5S2.C2H3F3O3S.2CH4O/c3*11-10-7-3-5-8-4-1-2-6-9(8)10;1-3(4)5-2;3-1(4,5)14(9,10)13-15(11,12)2(6,7)8;1-8-9(6,7)2(3,4)5;2*1-2/h3*1-2,4,6H,3,5,7H2;1-2H3;;1H3;2*2H,1H3. The van der Waals surface area contributed by atoms with Crippen molar-refractivity contribution in [2.45, 2.75) is 81.2 Å². The predicted octanol–water partition coefficient (Wildman–Crippen LogP) is 7.20. The second-order valence-electron chi connectivity index (χ2n) is 12.4. The molecule has 0 bridgehead atoms. The van der Waals surface area contributed by atoms with E-state index < -0.39 is 46.9 Å². The molecule has 15 nitrogen and oxygen atoms in total. The lowest BCUT2D eigenvalue weighted by Gasteiger charge is -2.12. The Hall–Kier alpha value is -4.80. The quantitative estimate of drug-likeness (QED) is 0.114. The van der Waals surface area contributed by atoms with Crippen LogP contribution in [0, 0.1) is 0 Å². The van der Waals surface area contributed by atoms with Gasteiger partial charge in [-0.3, -0.25) is 23.4 Å². The Bertz CT molecular complexity index is 2160. The van der Waals surface area contributed by atoms with Crippen molar-refractivity contribution in [3.63, 3.8) is 0 Å². The normalized spacial score (nSPS) is 14.2. The summed E-state index contributed by atoms with van der Waals surface area (Å²) in [6.07, 6.45) is 8.48. The molecule has 0 atom stereocenters. The highest BCUT2D eigenvalue weighted by molar-refractivity contribution is 8.00. The summed E-state index contributed by atoms with van der Waals surface area (Å²) in [7, 11) is -15.2. The molecule has 3 aromatic rings. The number of aliphatic hydroxyl groups is 2. The van der Waals surface area contributed by atoms with Crippen molar-refractivity contribution in [2.24, 2.45) is 0 Å². The highest BCUT2D eigenvalue weighted by atomic mass is 32.3. The number of esters is 1. The van der Waals surface area contributed by atoms with Gasteiger partial charge < -0.3 is 14.9 Å². The average Bonchev–Trinajstić information content (AvgIpc) is 3.25. The summed E-state index contributed by atoms with van der Waals surface area (Å²) >= 11 is 0. The number of methoxy groups -OCH3 is 1. The fraction of sp³-hybridized carbons (Fsp3) is 0.436. The zero-order valence-electron chi connectivity index (χ0n) is 35.6. The molecule has 374 valence electrons. The summed E-state index contributed by atoms with van der Waals surface area (Å²) in [5.74, 6) is 0.690.